The SMILES string of the molecule is NC(=O)C(CNc1ncnc2[nH]ncc12)Cc1ccc(F)cc1. The Morgan fingerprint density at radius 3 is 2.83 bits per heavy atom. The molecule has 2 aromatic heterocycles. The molecule has 23 heavy (non-hydrogen) atoms. The molecule has 0 aliphatic carbocycles. The molecule has 118 valence electrons. The minimum atomic E-state index is -0.447. The Morgan fingerprint density at radius 1 is 1.30 bits per heavy atom. The van der Waals surface area contributed by atoms with Crippen LogP contribution in [-0.4, -0.2) is 32.6 Å². The predicted octanol–water partition coefficient (Wildman–Crippen LogP) is 1.25. The molecule has 0 aliphatic heterocycles. The van der Waals surface area contributed by atoms with Gasteiger partial charge in [0.25, 0.3) is 0 Å². The van der Waals surface area contributed by atoms with Crippen molar-refractivity contribution in [1.82, 2.24) is 20.2 Å². The Kier molecular flexibility index (Phi) is 4.13. The van der Waals surface area contributed by atoms with Crippen LogP contribution in [0.25, 0.3) is 11.0 Å². The quantitative estimate of drug-likeness (QED) is 0.634. The number of carbonyl (C=O) groups is 1. The fraction of sp³-hybridized carbons (Fsp3) is 0.200. The molecule has 1 atom stereocenters. The van der Waals surface area contributed by atoms with E-state index in [9.17, 15) is 9.18 Å². The summed E-state index contributed by atoms with van der Waals surface area (Å²) in [6, 6.07) is 6.01. The standard InChI is InChI=1S/C15H15FN6O/c16-11-3-1-9(2-4-11)5-10(13(17)23)6-18-14-12-7-21-22-15(12)20-8-19-14/h1-4,7-8,10H,5-6H2,(H2,17,23)(H2,18,19,20,21,22). The second-order valence-corrected chi connectivity index (χ2v) is 5.17. The predicted molar refractivity (Wildman–Crippen MR) is 83.0 cm³/mol. The largest absolute Gasteiger partial charge is 0.369 e. The van der Waals surface area contributed by atoms with Crippen LogP contribution in [0.15, 0.2) is 36.8 Å². The molecule has 1 aromatic carbocycles. The number of primary amides is 1. The highest BCUT2D eigenvalue weighted by Gasteiger charge is 2.17. The van der Waals surface area contributed by atoms with E-state index in [2.05, 4.69) is 25.5 Å². The molecule has 0 aliphatic rings. The van der Waals surface area contributed by atoms with Crippen LogP contribution in [0.4, 0.5) is 10.2 Å². The smallest absolute Gasteiger partial charge is 0.222 e. The average Bonchev–Trinajstić information content (AvgIpc) is 3.02. The number of benzene rings is 1. The fourth-order valence-electron chi connectivity index (χ4n) is 2.30. The van der Waals surface area contributed by atoms with Crippen LogP contribution in [0.2, 0.25) is 0 Å². The summed E-state index contributed by atoms with van der Waals surface area (Å²) in [6.45, 7) is 0.310. The number of anilines is 1. The van der Waals surface area contributed by atoms with Gasteiger partial charge in [-0.05, 0) is 24.1 Å². The molecule has 3 aromatic rings. The zero-order chi connectivity index (χ0) is 16.2. The van der Waals surface area contributed by atoms with Crippen LogP contribution < -0.4 is 11.1 Å². The number of halogens is 1. The lowest BCUT2D eigenvalue weighted by Gasteiger charge is -2.15. The summed E-state index contributed by atoms with van der Waals surface area (Å²) in [7, 11) is 0. The maximum absolute atomic E-state index is 12.9. The number of hydrogen-bond donors (Lipinski definition) is 3. The van der Waals surface area contributed by atoms with Gasteiger partial charge in [0, 0.05) is 6.54 Å². The van der Waals surface area contributed by atoms with Crippen molar-refractivity contribution >= 4 is 22.8 Å². The van der Waals surface area contributed by atoms with E-state index in [1.54, 1.807) is 18.3 Å². The molecule has 2 heterocycles. The molecule has 7 nitrogen and oxygen atoms in total. The number of H-pyrrole nitrogens is 1. The van der Waals surface area contributed by atoms with Crippen LogP contribution in [-0.2, 0) is 11.2 Å². The van der Waals surface area contributed by atoms with Gasteiger partial charge in [0.2, 0.25) is 5.91 Å². The molecule has 0 radical (unpaired) electrons. The minimum Gasteiger partial charge on any atom is -0.369 e. The number of hydrogen-bond acceptors (Lipinski definition) is 5. The number of nitrogens with two attached hydrogens (primary N) is 1. The number of carbonyl (C=O) groups excluding carboxylic acids is 1. The molecule has 1 unspecified atom stereocenters. The Labute approximate surface area is 131 Å². The highest BCUT2D eigenvalue weighted by Crippen LogP contribution is 2.17. The van der Waals surface area contributed by atoms with Crippen LogP contribution >= 0.6 is 0 Å². The second-order valence-electron chi connectivity index (χ2n) is 5.17. The zero-order valence-electron chi connectivity index (χ0n) is 12.2. The fourth-order valence-corrected chi connectivity index (χ4v) is 2.30. The molecule has 4 N–H and O–H groups in total. The van der Waals surface area contributed by atoms with Gasteiger partial charge in [-0.25, -0.2) is 14.4 Å². The number of nitrogens with one attached hydrogen (secondary N) is 2. The van der Waals surface area contributed by atoms with E-state index < -0.39 is 11.8 Å². The van der Waals surface area contributed by atoms with E-state index in [-0.39, 0.29) is 5.82 Å². The van der Waals surface area contributed by atoms with E-state index in [0.717, 1.165) is 10.9 Å². The topological polar surface area (TPSA) is 110 Å². The van der Waals surface area contributed by atoms with Crippen molar-refractivity contribution in [3.8, 4) is 0 Å². The second kappa shape index (κ2) is 6.39. The highest BCUT2D eigenvalue weighted by atomic mass is 19.1. The van der Waals surface area contributed by atoms with Crippen LogP contribution in [0.5, 0.6) is 0 Å². The number of nitrogens with zero attached hydrogens (tertiary/aromatic N) is 3. The van der Waals surface area contributed by atoms with Gasteiger partial charge < -0.3 is 11.1 Å². The van der Waals surface area contributed by atoms with E-state index in [4.69, 9.17) is 5.73 Å². The van der Waals surface area contributed by atoms with Gasteiger partial charge >= 0.3 is 0 Å². The maximum Gasteiger partial charge on any atom is 0.222 e. The van der Waals surface area contributed by atoms with Gasteiger partial charge in [-0.15, -0.1) is 0 Å². The van der Waals surface area contributed by atoms with E-state index in [1.165, 1.54) is 18.5 Å². The van der Waals surface area contributed by atoms with Gasteiger partial charge in [0.15, 0.2) is 5.65 Å². The first-order chi connectivity index (χ1) is 11.1. The van der Waals surface area contributed by atoms with Crippen molar-refractivity contribution in [2.75, 3.05) is 11.9 Å². The van der Waals surface area contributed by atoms with Crippen molar-refractivity contribution in [1.29, 1.82) is 0 Å². The molecule has 0 spiro atoms. The lowest BCUT2D eigenvalue weighted by Crippen LogP contribution is -2.31. The van der Waals surface area contributed by atoms with Gasteiger partial charge in [-0.3, -0.25) is 9.89 Å². The van der Waals surface area contributed by atoms with Crippen molar-refractivity contribution in [2.45, 2.75) is 6.42 Å². The monoisotopic (exact) mass is 314 g/mol. The number of amides is 1. The average molecular weight is 314 g/mol. The Bertz CT molecular complexity index is 816. The first-order valence-corrected chi connectivity index (χ1v) is 7.05. The summed E-state index contributed by atoms with van der Waals surface area (Å²) in [5.74, 6) is -0.614. The Hall–Kier alpha value is -3.03. The Balaban J connectivity index is 1.71. The third-order valence-electron chi connectivity index (χ3n) is 3.56. The summed E-state index contributed by atoms with van der Waals surface area (Å²) >= 11 is 0. The molecule has 8 heteroatoms. The molecular formula is C15H15FN6O. The maximum atomic E-state index is 12.9. The number of aromatic nitrogens is 4. The normalized spacial score (nSPS) is 12.2. The minimum absolute atomic E-state index is 0.310. The summed E-state index contributed by atoms with van der Waals surface area (Å²) < 4.78 is 12.9. The molecule has 0 fully saturated rings. The highest BCUT2D eigenvalue weighted by molar-refractivity contribution is 5.86. The molecule has 0 saturated carbocycles. The number of fused-ring (bicyclic) bond motifs is 1. The van der Waals surface area contributed by atoms with Crippen molar-refractivity contribution < 1.29 is 9.18 Å². The molecule has 3 rings (SSSR count). The van der Waals surface area contributed by atoms with Crippen molar-refractivity contribution in [2.24, 2.45) is 11.7 Å². The summed E-state index contributed by atoms with van der Waals surface area (Å²) in [4.78, 5) is 19.9. The third kappa shape index (κ3) is 3.42. The summed E-state index contributed by atoms with van der Waals surface area (Å²) in [6.07, 6.45) is 3.43. The molecule has 0 saturated heterocycles. The van der Waals surface area contributed by atoms with Gasteiger partial charge in [-0.2, -0.15) is 5.10 Å². The number of rotatable bonds is 6. The molecule has 1 amide bonds. The summed E-state index contributed by atoms with van der Waals surface area (Å²) in [5.41, 5.74) is 6.92. The molecule has 0 bridgehead atoms. The third-order valence-corrected chi connectivity index (χ3v) is 3.56. The summed E-state index contributed by atoms with van der Waals surface area (Å²) in [5, 5.41) is 10.5. The lowest BCUT2D eigenvalue weighted by molar-refractivity contribution is -0.121. The van der Waals surface area contributed by atoms with E-state index in [0.29, 0.717) is 24.4 Å². The zero-order valence-corrected chi connectivity index (χ0v) is 12.2. The van der Waals surface area contributed by atoms with Gasteiger partial charge in [0.1, 0.15) is 18.0 Å². The van der Waals surface area contributed by atoms with Crippen molar-refractivity contribution in [3.63, 3.8) is 0 Å². The molecular weight excluding hydrogens is 299 g/mol. The van der Waals surface area contributed by atoms with Gasteiger partial charge in [0.05, 0.1) is 17.5 Å². The van der Waals surface area contributed by atoms with Crippen LogP contribution in [0, 0.1) is 11.7 Å². The number of aromatic amines is 1. The van der Waals surface area contributed by atoms with E-state index in [1.807, 2.05) is 0 Å². The van der Waals surface area contributed by atoms with Crippen LogP contribution in [0.1, 0.15) is 5.56 Å². The first-order valence-electron chi connectivity index (χ1n) is 7.05. The van der Waals surface area contributed by atoms with Crippen molar-refractivity contribution in [3.05, 3.63) is 48.2 Å². The van der Waals surface area contributed by atoms with E-state index >= 15 is 0 Å². The first kappa shape index (κ1) is 14.9. The van der Waals surface area contributed by atoms with Crippen LogP contribution in [0.3, 0.4) is 0 Å². The Morgan fingerprint density at radius 2 is 2.09 bits per heavy atom. The lowest BCUT2D eigenvalue weighted by atomic mass is 9.98. The van der Waals surface area contributed by atoms with Gasteiger partial charge in [-0.1, -0.05) is 12.1 Å².